The first kappa shape index (κ1) is 35.3. The molecule has 0 bridgehead atoms. The first-order valence-corrected chi connectivity index (χ1v) is 14.6. The van der Waals surface area contributed by atoms with E-state index in [9.17, 15) is 29.7 Å². The molecule has 1 fully saturated rings. The Bertz CT molecular complexity index is 984. The summed E-state index contributed by atoms with van der Waals surface area (Å²) < 4.78 is 10.4. The Morgan fingerprint density at radius 1 is 0.857 bits per heavy atom. The van der Waals surface area contributed by atoms with Crippen molar-refractivity contribution in [3.8, 4) is 0 Å². The fourth-order valence-electron chi connectivity index (χ4n) is 4.85. The van der Waals surface area contributed by atoms with Crippen LogP contribution >= 0.6 is 12.2 Å². The Morgan fingerprint density at radius 3 is 2.02 bits per heavy atom. The van der Waals surface area contributed by atoms with E-state index in [-0.39, 0.29) is 25.6 Å². The molecular formula is C28H45N5O8S. The maximum Gasteiger partial charge on any atom is 0.317 e. The largest absolute Gasteiger partial charge is 0.480 e. The number of carboxylic acid groups (broad SMARTS) is 3. The van der Waals surface area contributed by atoms with Crippen LogP contribution in [-0.4, -0.2) is 145 Å². The van der Waals surface area contributed by atoms with Crippen LogP contribution in [0.1, 0.15) is 18.4 Å². The van der Waals surface area contributed by atoms with E-state index in [0.717, 1.165) is 30.5 Å². The maximum absolute atomic E-state index is 11.6. The summed E-state index contributed by atoms with van der Waals surface area (Å²) >= 11 is 5.35. The minimum atomic E-state index is -0.976. The van der Waals surface area contributed by atoms with Crippen molar-refractivity contribution in [1.29, 1.82) is 0 Å². The van der Waals surface area contributed by atoms with Crippen molar-refractivity contribution < 1.29 is 39.2 Å². The van der Waals surface area contributed by atoms with Crippen molar-refractivity contribution in [2.75, 3.05) is 97.7 Å². The Balaban J connectivity index is 2.03. The SMILES string of the molecule is COCCOCCNC(=S)Nc1ccc(CC2CCCN(CC(=O)O)CCN(CC(=O)O)CCN(CC(=O)O)C2)cc1. The number of hydrogen-bond donors (Lipinski definition) is 5. The number of thiocarbonyl (C=S) groups is 1. The van der Waals surface area contributed by atoms with Crippen molar-refractivity contribution in [2.45, 2.75) is 19.3 Å². The highest BCUT2D eigenvalue weighted by Crippen LogP contribution is 2.19. The molecule has 5 N–H and O–H groups in total. The van der Waals surface area contributed by atoms with Crippen molar-refractivity contribution in [3.63, 3.8) is 0 Å². The van der Waals surface area contributed by atoms with Gasteiger partial charge in [-0.25, -0.2) is 0 Å². The lowest BCUT2D eigenvalue weighted by Gasteiger charge is -2.32. The number of hydrogen-bond acceptors (Lipinski definition) is 9. The Morgan fingerprint density at radius 2 is 1.43 bits per heavy atom. The Labute approximate surface area is 252 Å². The summed E-state index contributed by atoms with van der Waals surface area (Å²) in [5.41, 5.74) is 1.93. The van der Waals surface area contributed by atoms with E-state index < -0.39 is 17.9 Å². The highest BCUT2D eigenvalue weighted by Gasteiger charge is 2.22. The number of nitrogens with zero attached hydrogens (tertiary/aromatic N) is 3. The van der Waals surface area contributed by atoms with Crippen LogP contribution in [0.15, 0.2) is 24.3 Å². The lowest BCUT2D eigenvalue weighted by atomic mass is 9.93. The third kappa shape index (κ3) is 15.9. The summed E-state index contributed by atoms with van der Waals surface area (Å²) in [6.07, 6.45) is 2.26. The number of rotatable bonds is 15. The van der Waals surface area contributed by atoms with Crippen LogP contribution in [0.5, 0.6) is 0 Å². The summed E-state index contributed by atoms with van der Waals surface area (Å²) in [5, 5.41) is 35.0. The minimum Gasteiger partial charge on any atom is -0.480 e. The average molecular weight is 612 g/mol. The van der Waals surface area contributed by atoms with Crippen LogP contribution in [0.2, 0.25) is 0 Å². The zero-order valence-electron chi connectivity index (χ0n) is 24.3. The zero-order chi connectivity index (χ0) is 30.7. The molecule has 13 nitrogen and oxygen atoms in total. The fourth-order valence-corrected chi connectivity index (χ4v) is 5.07. The van der Waals surface area contributed by atoms with Gasteiger partial charge in [0.2, 0.25) is 0 Å². The lowest BCUT2D eigenvalue weighted by molar-refractivity contribution is -0.140. The van der Waals surface area contributed by atoms with Gasteiger partial charge < -0.3 is 35.4 Å². The molecule has 1 aliphatic rings. The Kier molecular flexibility index (Phi) is 16.9. The third-order valence-corrected chi connectivity index (χ3v) is 7.09. The van der Waals surface area contributed by atoms with Gasteiger partial charge in [-0.05, 0) is 61.6 Å². The second-order valence-corrected chi connectivity index (χ2v) is 10.8. The molecule has 2 rings (SSSR count). The van der Waals surface area contributed by atoms with E-state index in [1.807, 2.05) is 34.1 Å². The molecule has 0 spiro atoms. The molecule has 0 aliphatic carbocycles. The van der Waals surface area contributed by atoms with E-state index in [1.165, 1.54) is 0 Å². The van der Waals surface area contributed by atoms with Crippen LogP contribution in [0.3, 0.4) is 0 Å². The van der Waals surface area contributed by atoms with Gasteiger partial charge in [-0.3, -0.25) is 29.1 Å². The molecule has 42 heavy (non-hydrogen) atoms. The molecule has 0 amide bonds. The number of anilines is 1. The number of aliphatic carboxylic acids is 3. The number of carboxylic acids is 3. The van der Waals surface area contributed by atoms with Gasteiger partial charge in [-0.1, -0.05) is 12.1 Å². The molecule has 236 valence electrons. The second kappa shape index (κ2) is 20.1. The smallest absolute Gasteiger partial charge is 0.317 e. The monoisotopic (exact) mass is 611 g/mol. The fraction of sp³-hybridized carbons (Fsp3) is 0.643. The molecule has 1 aromatic rings. The van der Waals surface area contributed by atoms with E-state index in [2.05, 4.69) is 10.6 Å². The van der Waals surface area contributed by atoms with Gasteiger partial charge in [0.15, 0.2) is 5.11 Å². The van der Waals surface area contributed by atoms with Crippen LogP contribution in [-0.2, 0) is 30.3 Å². The van der Waals surface area contributed by atoms with Crippen LogP contribution in [0.4, 0.5) is 5.69 Å². The molecule has 1 aromatic carbocycles. The van der Waals surface area contributed by atoms with Gasteiger partial charge in [0, 0.05) is 52.1 Å². The first-order chi connectivity index (χ1) is 20.1. The normalized spacial score (nSPS) is 18.0. The Hall–Kier alpha value is -2.88. The van der Waals surface area contributed by atoms with Crippen LogP contribution in [0, 0.1) is 5.92 Å². The van der Waals surface area contributed by atoms with Gasteiger partial charge in [0.1, 0.15) is 0 Å². The molecule has 0 aromatic heterocycles. The summed E-state index contributed by atoms with van der Waals surface area (Å²) in [5.74, 6) is -2.70. The molecule has 1 unspecified atom stereocenters. The number of ether oxygens (including phenoxy) is 2. The quantitative estimate of drug-likeness (QED) is 0.139. The van der Waals surface area contributed by atoms with E-state index in [1.54, 1.807) is 12.0 Å². The average Bonchev–Trinajstić information content (AvgIpc) is 2.91. The predicted octanol–water partition coefficient (Wildman–Crippen LogP) is 0.748. The predicted molar refractivity (Wildman–Crippen MR) is 162 cm³/mol. The van der Waals surface area contributed by atoms with Crippen LogP contribution < -0.4 is 10.6 Å². The summed E-state index contributed by atoms with van der Waals surface area (Å²) in [6, 6.07) is 7.92. The highest BCUT2D eigenvalue weighted by molar-refractivity contribution is 7.80. The number of nitrogens with one attached hydrogen (secondary N) is 2. The molecule has 0 radical (unpaired) electrons. The van der Waals surface area contributed by atoms with Crippen molar-refractivity contribution in [3.05, 3.63) is 29.8 Å². The van der Waals surface area contributed by atoms with Gasteiger partial charge >= 0.3 is 17.9 Å². The van der Waals surface area contributed by atoms with Crippen molar-refractivity contribution >= 4 is 40.9 Å². The molecule has 14 heteroatoms. The highest BCUT2D eigenvalue weighted by atomic mass is 32.1. The van der Waals surface area contributed by atoms with Gasteiger partial charge in [0.05, 0.1) is 39.5 Å². The van der Waals surface area contributed by atoms with Crippen molar-refractivity contribution in [2.24, 2.45) is 5.92 Å². The van der Waals surface area contributed by atoms with Gasteiger partial charge in [-0.2, -0.15) is 0 Å². The molecule has 1 atom stereocenters. The van der Waals surface area contributed by atoms with E-state index in [4.69, 9.17) is 21.7 Å². The third-order valence-electron chi connectivity index (χ3n) is 6.84. The second-order valence-electron chi connectivity index (χ2n) is 10.4. The van der Waals surface area contributed by atoms with E-state index in [0.29, 0.717) is 70.7 Å². The maximum atomic E-state index is 11.6. The minimum absolute atomic E-state index is 0.108. The lowest BCUT2D eigenvalue weighted by Crippen LogP contribution is -2.45. The molecule has 0 saturated carbocycles. The molecular weight excluding hydrogens is 566 g/mol. The van der Waals surface area contributed by atoms with Crippen LogP contribution in [0.25, 0.3) is 0 Å². The molecule has 1 aliphatic heterocycles. The first-order valence-electron chi connectivity index (χ1n) is 14.2. The van der Waals surface area contributed by atoms with Gasteiger partial charge in [-0.15, -0.1) is 0 Å². The molecule has 1 heterocycles. The number of methoxy groups -OCH3 is 1. The van der Waals surface area contributed by atoms with Gasteiger partial charge in [0.25, 0.3) is 0 Å². The number of carbonyl (C=O) groups is 3. The molecule has 1 saturated heterocycles. The van der Waals surface area contributed by atoms with E-state index >= 15 is 0 Å². The zero-order valence-corrected chi connectivity index (χ0v) is 25.1. The topological polar surface area (TPSA) is 164 Å². The standard InChI is InChI=1S/C28H45N5O8S/c1-40-15-16-41-14-8-29-28(42)30-24-6-4-22(5-7-24)17-23-3-2-9-31(19-25(34)35)10-11-32(20-26(36)37)12-13-33(18-23)21-27(38)39/h4-7,23H,2-3,8-21H2,1H3,(H,34,35)(H,36,37)(H,38,39)(H2,29,30,42). The summed E-state index contributed by atoms with van der Waals surface area (Å²) in [4.78, 5) is 39.9. The number of benzene rings is 1. The summed E-state index contributed by atoms with van der Waals surface area (Å²) in [6.45, 7) is 4.42. The van der Waals surface area contributed by atoms with Crippen molar-refractivity contribution in [1.82, 2.24) is 20.0 Å². The summed E-state index contributed by atoms with van der Waals surface area (Å²) in [7, 11) is 1.62.